The van der Waals surface area contributed by atoms with Crippen LogP contribution in [0.15, 0.2) is 80.8 Å². The van der Waals surface area contributed by atoms with Crippen molar-refractivity contribution in [2.75, 3.05) is 0 Å². The van der Waals surface area contributed by atoms with Crippen molar-refractivity contribution in [3.63, 3.8) is 0 Å². The number of hydrogen-bond donors (Lipinski definition) is 1. The first-order valence-electron chi connectivity index (χ1n) is 13.6. The van der Waals surface area contributed by atoms with Gasteiger partial charge in [-0.1, -0.05) is 54.9 Å². The Morgan fingerprint density at radius 2 is 1.73 bits per heavy atom. The summed E-state index contributed by atoms with van der Waals surface area (Å²) in [4.78, 5) is 32.7. The third-order valence-electron chi connectivity index (χ3n) is 6.71. The fourth-order valence-electron chi connectivity index (χ4n) is 4.95. The van der Waals surface area contributed by atoms with Gasteiger partial charge in [0.2, 0.25) is 0 Å². The normalized spacial score (nSPS) is 11.3. The maximum absolute atomic E-state index is 15.6. The molecule has 0 atom stereocenters. The topological polar surface area (TPSA) is 103 Å². The van der Waals surface area contributed by atoms with Crippen molar-refractivity contribution in [2.45, 2.75) is 53.1 Å². The SMILES string of the molecule is CCCc1nc(C)n(-c2ccc(OC(C)C)cc2)c(=O)c1Cc1ccc(-c2ccccc2-c2noc(=O)[nH]2)c(F)c1. The number of nitrogens with zero attached hydrogens (tertiary/aromatic N) is 3. The highest BCUT2D eigenvalue weighted by Gasteiger charge is 2.19. The highest BCUT2D eigenvalue weighted by molar-refractivity contribution is 5.80. The van der Waals surface area contributed by atoms with E-state index in [-0.39, 0.29) is 23.9 Å². The van der Waals surface area contributed by atoms with Gasteiger partial charge in [0.25, 0.3) is 5.56 Å². The van der Waals surface area contributed by atoms with Gasteiger partial charge in [0.05, 0.1) is 17.5 Å². The smallest absolute Gasteiger partial charge is 0.439 e. The van der Waals surface area contributed by atoms with Gasteiger partial charge in [-0.25, -0.2) is 14.2 Å². The Hall–Kier alpha value is -4.79. The van der Waals surface area contributed by atoms with Crippen molar-refractivity contribution in [2.24, 2.45) is 0 Å². The summed E-state index contributed by atoms with van der Waals surface area (Å²) in [7, 11) is 0. The van der Waals surface area contributed by atoms with Crippen LogP contribution >= 0.6 is 0 Å². The molecule has 0 saturated heterocycles. The number of hydrogen-bond acceptors (Lipinski definition) is 6. The molecule has 3 aromatic carbocycles. The number of rotatable bonds is 9. The Morgan fingerprint density at radius 3 is 2.37 bits per heavy atom. The number of nitrogens with one attached hydrogen (secondary N) is 1. The van der Waals surface area contributed by atoms with Gasteiger partial charge in [0.1, 0.15) is 17.4 Å². The summed E-state index contributed by atoms with van der Waals surface area (Å²) < 4.78 is 27.6. The second-order valence-electron chi connectivity index (χ2n) is 10.1. The van der Waals surface area contributed by atoms with Crippen molar-refractivity contribution in [1.82, 2.24) is 19.7 Å². The standard InChI is InChI=1S/C32H31FN4O4/c1-5-8-29-27(31(38)37(20(4)34-29)22-12-14-23(15-13-22)40-19(2)3)17-21-11-16-25(28(33)18-21)24-9-6-7-10-26(24)30-35-32(39)41-36-30/h6-7,9-16,18-19H,5,8,17H2,1-4H3,(H,35,36,39). The molecule has 8 nitrogen and oxygen atoms in total. The predicted octanol–water partition coefficient (Wildman–Crippen LogP) is 6.02. The van der Waals surface area contributed by atoms with E-state index in [1.165, 1.54) is 6.07 Å². The molecule has 9 heteroatoms. The minimum Gasteiger partial charge on any atom is -0.491 e. The maximum Gasteiger partial charge on any atom is 0.439 e. The van der Waals surface area contributed by atoms with Crippen LogP contribution in [0.25, 0.3) is 28.2 Å². The first kappa shape index (κ1) is 27.8. The van der Waals surface area contributed by atoms with E-state index in [0.717, 1.165) is 17.9 Å². The number of halogens is 1. The van der Waals surface area contributed by atoms with E-state index in [2.05, 4.69) is 14.7 Å². The molecule has 1 N–H and O–H groups in total. The van der Waals surface area contributed by atoms with E-state index < -0.39 is 11.6 Å². The lowest BCUT2D eigenvalue weighted by Gasteiger charge is -2.16. The number of ether oxygens (including phenoxy) is 1. The Morgan fingerprint density at radius 1 is 1.00 bits per heavy atom. The van der Waals surface area contributed by atoms with Gasteiger partial charge in [0.15, 0.2) is 5.82 Å². The number of H-pyrrole nitrogens is 1. The van der Waals surface area contributed by atoms with Crippen LogP contribution in [0.4, 0.5) is 4.39 Å². The molecule has 5 aromatic rings. The molecule has 2 heterocycles. The summed E-state index contributed by atoms with van der Waals surface area (Å²) in [6, 6.07) is 19.3. The van der Waals surface area contributed by atoms with Crippen LogP contribution in [0.1, 0.15) is 49.8 Å². The molecule has 0 aliphatic heterocycles. The minimum atomic E-state index is -0.689. The van der Waals surface area contributed by atoms with Crippen molar-refractivity contribution in [3.8, 4) is 34.0 Å². The van der Waals surface area contributed by atoms with E-state index >= 15 is 4.39 Å². The van der Waals surface area contributed by atoms with Crippen molar-refractivity contribution in [1.29, 1.82) is 0 Å². The van der Waals surface area contributed by atoms with Gasteiger partial charge in [-0.3, -0.25) is 18.9 Å². The zero-order valence-electron chi connectivity index (χ0n) is 23.4. The van der Waals surface area contributed by atoms with Gasteiger partial charge in [0, 0.05) is 23.1 Å². The Bertz CT molecular complexity index is 1800. The molecule has 41 heavy (non-hydrogen) atoms. The zero-order chi connectivity index (χ0) is 29.1. The summed E-state index contributed by atoms with van der Waals surface area (Å²) >= 11 is 0. The van der Waals surface area contributed by atoms with Gasteiger partial charge in [-0.2, -0.15) is 0 Å². The van der Waals surface area contributed by atoms with Crippen LogP contribution in [-0.4, -0.2) is 25.8 Å². The molecule has 2 aromatic heterocycles. The van der Waals surface area contributed by atoms with Crippen LogP contribution in [0.5, 0.6) is 5.75 Å². The van der Waals surface area contributed by atoms with E-state index in [4.69, 9.17) is 9.72 Å². The van der Waals surface area contributed by atoms with Crippen LogP contribution in [0.3, 0.4) is 0 Å². The summed E-state index contributed by atoms with van der Waals surface area (Å²) in [6.45, 7) is 7.76. The average molecular weight is 555 g/mol. The fraction of sp³-hybridized carbons (Fsp3) is 0.250. The van der Waals surface area contributed by atoms with E-state index in [0.29, 0.717) is 45.7 Å². The van der Waals surface area contributed by atoms with Crippen LogP contribution < -0.4 is 16.1 Å². The molecular weight excluding hydrogens is 523 g/mol. The number of aromatic nitrogens is 4. The van der Waals surface area contributed by atoms with Crippen LogP contribution in [0.2, 0.25) is 0 Å². The average Bonchev–Trinajstić information content (AvgIpc) is 3.38. The molecule has 0 unspecified atom stereocenters. The first-order valence-corrected chi connectivity index (χ1v) is 13.6. The quantitative estimate of drug-likeness (QED) is 0.239. The van der Waals surface area contributed by atoms with Crippen molar-refractivity contribution < 1.29 is 13.7 Å². The van der Waals surface area contributed by atoms with E-state index in [9.17, 15) is 9.59 Å². The largest absolute Gasteiger partial charge is 0.491 e. The number of aryl methyl sites for hydroxylation is 2. The van der Waals surface area contributed by atoms with Crippen molar-refractivity contribution >= 4 is 0 Å². The number of aromatic amines is 1. The summed E-state index contributed by atoms with van der Waals surface area (Å²) in [5.74, 6) is 0.374. The maximum atomic E-state index is 15.6. The molecule has 0 fully saturated rings. The second kappa shape index (κ2) is 11.8. The molecule has 210 valence electrons. The van der Waals surface area contributed by atoms with Gasteiger partial charge >= 0.3 is 5.76 Å². The van der Waals surface area contributed by atoms with E-state index in [1.807, 2.05) is 52.0 Å². The molecule has 0 spiro atoms. The van der Waals surface area contributed by atoms with Gasteiger partial charge in [-0.15, -0.1) is 0 Å². The summed E-state index contributed by atoms with van der Waals surface area (Å²) in [5, 5.41) is 3.75. The third kappa shape index (κ3) is 5.89. The minimum absolute atomic E-state index is 0.0403. The lowest BCUT2D eigenvalue weighted by molar-refractivity contribution is 0.242. The first-order chi connectivity index (χ1) is 19.7. The molecule has 0 aliphatic carbocycles. The van der Waals surface area contributed by atoms with Crippen LogP contribution in [-0.2, 0) is 12.8 Å². The third-order valence-corrected chi connectivity index (χ3v) is 6.71. The number of benzene rings is 3. The predicted molar refractivity (Wildman–Crippen MR) is 155 cm³/mol. The van der Waals surface area contributed by atoms with Crippen molar-refractivity contribution in [3.05, 3.63) is 116 Å². The van der Waals surface area contributed by atoms with E-state index in [1.54, 1.807) is 41.0 Å². The lowest BCUT2D eigenvalue weighted by atomic mass is 9.95. The molecular formula is C32H31FN4O4. The van der Waals surface area contributed by atoms with Gasteiger partial charge < -0.3 is 4.74 Å². The Labute approximate surface area is 236 Å². The summed E-state index contributed by atoms with van der Waals surface area (Å²) in [6.07, 6.45) is 1.72. The zero-order valence-corrected chi connectivity index (χ0v) is 23.4. The van der Waals surface area contributed by atoms with Crippen LogP contribution in [0, 0.1) is 12.7 Å². The second-order valence-corrected chi connectivity index (χ2v) is 10.1. The van der Waals surface area contributed by atoms with Gasteiger partial charge in [-0.05, 0) is 68.7 Å². The highest BCUT2D eigenvalue weighted by Crippen LogP contribution is 2.32. The Balaban J connectivity index is 1.52. The summed E-state index contributed by atoms with van der Waals surface area (Å²) in [5.41, 5.74) is 3.83. The molecule has 0 bridgehead atoms. The molecule has 0 aliphatic rings. The molecule has 0 saturated carbocycles. The monoisotopic (exact) mass is 554 g/mol. The lowest BCUT2D eigenvalue weighted by Crippen LogP contribution is -2.28. The fourth-order valence-corrected chi connectivity index (χ4v) is 4.95. The molecule has 0 radical (unpaired) electrons. The highest BCUT2D eigenvalue weighted by atomic mass is 19.1. The molecule has 5 rings (SSSR count). The molecule has 0 amide bonds. The Kier molecular flexibility index (Phi) is 7.96.